The van der Waals surface area contributed by atoms with Crippen LogP contribution in [0, 0.1) is 0 Å². The fraction of sp³-hybridized carbons (Fsp3) is 0.429. The minimum absolute atomic E-state index is 0.626. The zero-order chi connectivity index (χ0) is 13.5. The first kappa shape index (κ1) is 14.0. The molecular formula is C14H18ClN3O. The summed E-state index contributed by atoms with van der Waals surface area (Å²) >= 11 is 5.94. The average molecular weight is 280 g/mol. The van der Waals surface area contributed by atoms with Crippen LogP contribution in [-0.2, 0) is 12.8 Å². The number of nitrogens with one attached hydrogen (secondary N) is 1. The van der Waals surface area contributed by atoms with Crippen molar-refractivity contribution in [2.45, 2.75) is 26.2 Å². The van der Waals surface area contributed by atoms with Crippen LogP contribution in [0.15, 0.2) is 28.7 Å². The lowest BCUT2D eigenvalue weighted by atomic mass is 10.1. The van der Waals surface area contributed by atoms with Crippen LogP contribution in [0.2, 0.25) is 5.02 Å². The van der Waals surface area contributed by atoms with E-state index in [9.17, 15) is 0 Å². The summed E-state index contributed by atoms with van der Waals surface area (Å²) in [7, 11) is 0. The highest BCUT2D eigenvalue weighted by Gasteiger charge is 2.07. The highest BCUT2D eigenvalue weighted by Crippen LogP contribution is 2.14. The van der Waals surface area contributed by atoms with Crippen molar-refractivity contribution in [1.82, 2.24) is 15.5 Å². The number of rotatable bonds is 7. The molecule has 2 rings (SSSR count). The molecular weight excluding hydrogens is 262 g/mol. The molecule has 0 aliphatic carbocycles. The summed E-state index contributed by atoms with van der Waals surface area (Å²) in [4.78, 5) is 0. The Bertz CT molecular complexity index is 513. The number of benzene rings is 1. The molecule has 1 aromatic heterocycles. The van der Waals surface area contributed by atoms with Gasteiger partial charge in [-0.15, -0.1) is 10.2 Å². The van der Waals surface area contributed by atoms with Crippen molar-refractivity contribution in [3.63, 3.8) is 0 Å². The summed E-state index contributed by atoms with van der Waals surface area (Å²) in [5.41, 5.74) is 1.08. The summed E-state index contributed by atoms with van der Waals surface area (Å²) in [6.45, 7) is 4.06. The van der Waals surface area contributed by atoms with E-state index in [4.69, 9.17) is 16.0 Å². The normalized spacial score (nSPS) is 10.8. The SMILES string of the molecule is CCNCCCc1nnc(Cc2cccc(Cl)c2)o1. The van der Waals surface area contributed by atoms with Crippen LogP contribution in [0.5, 0.6) is 0 Å². The van der Waals surface area contributed by atoms with Gasteiger partial charge in [0.2, 0.25) is 11.8 Å². The molecule has 0 saturated carbocycles. The number of nitrogens with zero attached hydrogens (tertiary/aromatic N) is 2. The largest absolute Gasteiger partial charge is 0.425 e. The first-order valence-electron chi connectivity index (χ1n) is 6.54. The number of halogens is 1. The zero-order valence-corrected chi connectivity index (χ0v) is 11.8. The van der Waals surface area contributed by atoms with Gasteiger partial charge in [0.25, 0.3) is 0 Å². The maximum Gasteiger partial charge on any atom is 0.220 e. The molecule has 0 aliphatic rings. The van der Waals surface area contributed by atoms with Gasteiger partial charge in [0, 0.05) is 11.4 Å². The van der Waals surface area contributed by atoms with Gasteiger partial charge < -0.3 is 9.73 Å². The van der Waals surface area contributed by atoms with Crippen molar-refractivity contribution in [2.24, 2.45) is 0 Å². The monoisotopic (exact) mass is 279 g/mol. The topological polar surface area (TPSA) is 51.0 Å². The van der Waals surface area contributed by atoms with Crippen LogP contribution in [0.4, 0.5) is 0 Å². The van der Waals surface area contributed by atoms with Crippen molar-refractivity contribution >= 4 is 11.6 Å². The zero-order valence-electron chi connectivity index (χ0n) is 11.0. The van der Waals surface area contributed by atoms with Gasteiger partial charge in [0.15, 0.2) is 0 Å². The smallest absolute Gasteiger partial charge is 0.220 e. The lowest BCUT2D eigenvalue weighted by Gasteiger charge is -1.98. The van der Waals surface area contributed by atoms with E-state index in [0.717, 1.165) is 36.5 Å². The second-order valence-corrected chi connectivity index (χ2v) is 4.79. The van der Waals surface area contributed by atoms with Crippen LogP contribution in [0.3, 0.4) is 0 Å². The lowest BCUT2D eigenvalue weighted by Crippen LogP contribution is -2.14. The van der Waals surface area contributed by atoms with Gasteiger partial charge >= 0.3 is 0 Å². The fourth-order valence-electron chi connectivity index (χ4n) is 1.82. The highest BCUT2D eigenvalue weighted by molar-refractivity contribution is 6.30. The van der Waals surface area contributed by atoms with Crippen LogP contribution < -0.4 is 5.32 Å². The van der Waals surface area contributed by atoms with Gasteiger partial charge in [0.1, 0.15) is 0 Å². The average Bonchev–Trinajstić information content (AvgIpc) is 2.82. The number of hydrogen-bond donors (Lipinski definition) is 1. The molecule has 0 bridgehead atoms. The molecule has 0 spiro atoms. The van der Waals surface area contributed by atoms with Gasteiger partial charge in [-0.25, -0.2) is 0 Å². The van der Waals surface area contributed by atoms with E-state index >= 15 is 0 Å². The van der Waals surface area contributed by atoms with E-state index in [1.807, 2.05) is 24.3 Å². The van der Waals surface area contributed by atoms with Gasteiger partial charge in [-0.2, -0.15) is 0 Å². The molecule has 102 valence electrons. The van der Waals surface area contributed by atoms with Crippen molar-refractivity contribution in [3.8, 4) is 0 Å². The molecule has 0 unspecified atom stereocenters. The molecule has 1 N–H and O–H groups in total. The third-order valence-electron chi connectivity index (χ3n) is 2.75. The Hall–Kier alpha value is -1.39. The van der Waals surface area contributed by atoms with Crippen molar-refractivity contribution < 1.29 is 4.42 Å². The molecule has 1 heterocycles. The van der Waals surface area contributed by atoms with Gasteiger partial charge in [0.05, 0.1) is 6.42 Å². The Morgan fingerprint density at radius 3 is 2.89 bits per heavy atom. The summed E-state index contributed by atoms with van der Waals surface area (Å²) in [5.74, 6) is 1.34. The lowest BCUT2D eigenvalue weighted by molar-refractivity contribution is 0.449. The van der Waals surface area contributed by atoms with Crippen LogP contribution in [0.25, 0.3) is 0 Å². The summed E-state index contributed by atoms with van der Waals surface area (Å²) in [6, 6.07) is 7.69. The van der Waals surface area contributed by atoms with Crippen molar-refractivity contribution in [2.75, 3.05) is 13.1 Å². The molecule has 0 fully saturated rings. The van der Waals surface area contributed by atoms with E-state index in [0.29, 0.717) is 18.2 Å². The van der Waals surface area contributed by atoms with Gasteiger partial charge in [-0.3, -0.25) is 0 Å². The summed E-state index contributed by atoms with van der Waals surface area (Å²) < 4.78 is 5.61. The van der Waals surface area contributed by atoms with Crippen LogP contribution in [0.1, 0.15) is 30.7 Å². The summed E-state index contributed by atoms with van der Waals surface area (Å²) in [5, 5.41) is 12.1. The van der Waals surface area contributed by atoms with E-state index in [1.54, 1.807) is 0 Å². The predicted octanol–water partition coefficient (Wildman–Crippen LogP) is 2.86. The Balaban J connectivity index is 1.87. The molecule has 5 heteroatoms. The van der Waals surface area contributed by atoms with E-state index in [-0.39, 0.29) is 0 Å². The maximum atomic E-state index is 5.94. The van der Waals surface area contributed by atoms with Crippen molar-refractivity contribution in [3.05, 3.63) is 46.6 Å². The first-order chi connectivity index (χ1) is 9.28. The molecule has 2 aromatic rings. The second-order valence-electron chi connectivity index (χ2n) is 4.35. The van der Waals surface area contributed by atoms with Crippen molar-refractivity contribution in [1.29, 1.82) is 0 Å². The Morgan fingerprint density at radius 1 is 1.26 bits per heavy atom. The van der Waals surface area contributed by atoms with E-state index in [1.165, 1.54) is 0 Å². The molecule has 0 atom stereocenters. The second kappa shape index (κ2) is 7.26. The molecule has 19 heavy (non-hydrogen) atoms. The highest BCUT2D eigenvalue weighted by atomic mass is 35.5. The minimum Gasteiger partial charge on any atom is -0.425 e. The maximum absolute atomic E-state index is 5.94. The number of aromatic nitrogens is 2. The molecule has 0 radical (unpaired) electrons. The quantitative estimate of drug-likeness (QED) is 0.792. The third kappa shape index (κ3) is 4.65. The van der Waals surface area contributed by atoms with E-state index in [2.05, 4.69) is 22.4 Å². The summed E-state index contributed by atoms with van der Waals surface area (Å²) in [6.07, 6.45) is 2.45. The van der Waals surface area contributed by atoms with Crippen LogP contribution >= 0.6 is 11.6 Å². The van der Waals surface area contributed by atoms with Gasteiger partial charge in [-0.05, 0) is 37.2 Å². The predicted molar refractivity (Wildman–Crippen MR) is 75.4 cm³/mol. The van der Waals surface area contributed by atoms with Gasteiger partial charge in [-0.1, -0.05) is 30.7 Å². The Labute approximate surface area is 118 Å². The number of hydrogen-bond acceptors (Lipinski definition) is 4. The third-order valence-corrected chi connectivity index (χ3v) is 2.98. The standard InChI is InChI=1S/C14H18ClN3O/c1-2-16-8-4-7-13-17-18-14(19-13)10-11-5-3-6-12(15)9-11/h3,5-6,9,16H,2,4,7-8,10H2,1H3. The fourth-order valence-corrected chi connectivity index (χ4v) is 2.04. The molecule has 1 aromatic carbocycles. The minimum atomic E-state index is 0.626. The first-order valence-corrected chi connectivity index (χ1v) is 6.92. The molecule has 0 amide bonds. The molecule has 0 aliphatic heterocycles. The van der Waals surface area contributed by atoms with E-state index < -0.39 is 0 Å². The number of aryl methyl sites for hydroxylation is 1. The molecule has 0 saturated heterocycles. The van der Waals surface area contributed by atoms with Crippen LogP contribution in [-0.4, -0.2) is 23.3 Å². The Kier molecular flexibility index (Phi) is 5.36. The Morgan fingerprint density at radius 2 is 2.11 bits per heavy atom. The molecule has 4 nitrogen and oxygen atoms in total.